The number of Topliss-reactive ketones (excluding diaryl/α,β-unsaturated/α-hetero) is 1. The third-order valence-electron chi connectivity index (χ3n) is 6.40. The molecule has 37 heavy (non-hydrogen) atoms. The fourth-order valence-electron chi connectivity index (χ4n) is 4.51. The second-order valence-electron chi connectivity index (χ2n) is 8.99. The molecule has 0 aromatic heterocycles. The number of benzene rings is 4. The van der Waals surface area contributed by atoms with Crippen LogP contribution in [0.25, 0.3) is 5.76 Å². The van der Waals surface area contributed by atoms with Gasteiger partial charge < -0.3 is 14.9 Å². The lowest BCUT2D eigenvalue weighted by Crippen LogP contribution is -2.29. The van der Waals surface area contributed by atoms with Crippen LogP contribution in [-0.2, 0) is 9.59 Å². The Morgan fingerprint density at radius 2 is 1.46 bits per heavy atom. The van der Waals surface area contributed by atoms with Crippen LogP contribution in [0.5, 0.6) is 17.2 Å². The van der Waals surface area contributed by atoms with Crippen molar-refractivity contribution in [3.8, 4) is 17.2 Å². The van der Waals surface area contributed by atoms with E-state index in [1.54, 1.807) is 42.5 Å². The van der Waals surface area contributed by atoms with Crippen LogP contribution >= 0.6 is 0 Å². The van der Waals surface area contributed by atoms with E-state index < -0.39 is 17.7 Å². The summed E-state index contributed by atoms with van der Waals surface area (Å²) in [6, 6.07) is 27.1. The smallest absolute Gasteiger partial charge is 0.300 e. The molecule has 4 aromatic carbocycles. The molecule has 0 spiro atoms. The maximum absolute atomic E-state index is 13.4. The molecule has 4 aromatic rings. The summed E-state index contributed by atoms with van der Waals surface area (Å²) in [5.74, 6) is -0.457. The van der Waals surface area contributed by atoms with Gasteiger partial charge >= 0.3 is 0 Å². The summed E-state index contributed by atoms with van der Waals surface area (Å²) in [7, 11) is 0. The van der Waals surface area contributed by atoms with Gasteiger partial charge in [-0.25, -0.2) is 0 Å². The predicted molar refractivity (Wildman–Crippen MR) is 142 cm³/mol. The number of rotatable bonds is 5. The maximum atomic E-state index is 13.4. The van der Waals surface area contributed by atoms with Crippen LogP contribution < -0.4 is 9.64 Å². The average molecular weight is 492 g/mol. The van der Waals surface area contributed by atoms with Crippen molar-refractivity contribution in [2.24, 2.45) is 0 Å². The lowest BCUT2D eigenvalue weighted by molar-refractivity contribution is -0.132. The monoisotopic (exact) mass is 491 g/mol. The Morgan fingerprint density at radius 3 is 2.14 bits per heavy atom. The number of aliphatic hydroxyl groups is 1. The van der Waals surface area contributed by atoms with E-state index >= 15 is 0 Å². The standard InChI is InChI=1S/C31H25NO5/c1-19-8-9-20(2)26(18-19)29(34)27-28(21-10-14-23(33)15-11-21)32(31(36)30(27)35)22-12-16-25(17-13-22)37-24-6-4-3-5-7-24/h3-18,28,33-34H,1-2H3/b29-27+. The van der Waals surface area contributed by atoms with E-state index in [4.69, 9.17) is 4.74 Å². The van der Waals surface area contributed by atoms with Crippen molar-refractivity contribution in [2.75, 3.05) is 4.90 Å². The molecule has 1 saturated heterocycles. The minimum atomic E-state index is -0.888. The van der Waals surface area contributed by atoms with E-state index in [1.165, 1.54) is 17.0 Å². The van der Waals surface area contributed by atoms with E-state index in [-0.39, 0.29) is 17.1 Å². The first kappa shape index (κ1) is 23.9. The number of phenols is 1. The highest BCUT2D eigenvalue weighted by molar-refractivity contribution is 6.51. The summed E-state index contributed by atoms with van der Waals surface area (Å²) in [6.45, 7) is 3.73. The first-order chi connectivity index (χ1) is 17.8. The number of nitrogens with zero attached hydrogens (tertiary/aromatic N) is 1. The van der Waals surface area contributed by atoms with Crippen LogP contribution in [0.15, 0.2) is 103 Å². The van der Waals surface area contributed by atoms with Crippen molar-refractivity contribution < 1.29 is 24.5 Å². The van der Waals surface area contributed by atoms with Gasteiger partial charge in [0.05, 0.1) is 11.6 Å². The molecule has 5 rings (SSSR count). The molecule has 1 amide bonds. The number of aryl methyl sites for hydroxylation is 2. The van der Waals surface area contributed by atoms with Crippen molar-refractivity contribution in [1.82, 2.24) is 0 Å². The highest BCUT2D eigenvalue weighted by Crippen LogP contribution is 2.43. The first-order valence-electron chi connectivity index (χ1n) is 11.8. The van der Waals surface area contributed by atoms with Gasteiger partial charge in [0.1, 0.15) is 23.0 Å². The maximum Gasteiger partial charge on any atom is 0.300 e. The van der Waals surface area contributed by atoms with Gasteiger partial charge in [0.2, 0.25) is 0 Å². The Bertz CT molecular complexity index is 1510. The van der Waals surface area contributed by atoms with Crippen molar-refractivity contribution in [3.05, 3.63) is 125 Å². The lowest BCUT2D eigenvalue weighted by Gasteiger charge is -2.26. The second-order valence-corrected chi connectivity index (χ2v) is 8.99. The number of phenolic OH excluding ortho intramolecular Hbond substituents is 1. The number of anilines is 1. The summed E-state index contributed by atoms with van der Waals surface area (Å²) in [5.41, 5.74) is 3.23. The molecule has 1 atom stereocenters. The Kier molecular flexibility index (Phi) is 6.24. The van der Waals surface area contributed by atoms with Gasteiger partial charge in [-0.3, -0.25) is 14.5 Å². The molecule has 0 aliphatic carbocycles. The van der Waals surface area contributed by atoms with Gasteiger partial charge in [0.25, 0.3) is 11.7 Å². The van der Waals surface area contributed by atoms with Gasteiger partial charge in [-0.2, -0.15) is 0 Å². The predicted octanol–water partition coefficient (Wildman–Crippen LogP) is 6.43. The molecule has 0 radical (unpaired) electrons. The third kappa shape index (κ3) is 4.57. The highest BCUT2D eigenvalue weighted by atomic mass is 16.5. The number of aliphatic hydroxyl groups excluding tert-OH is 1. The number of amides is 1. The Morgan fingerprint density at radius 1 is 0.811 bits per heavy atom. The first-order valence-corrected chi connectivity index (χ1v) is 11.8. The minimum absolute atomic E-state index is 0.00555. The van der Waals surface area contributed by atoms with E-state index in [9.17, 15) is 19.8 Å². The molecule has 184 valence electrons. The molecule has 1 unspecified atom stereocenters. The van der Waals surface area contributed by atoms with Crippen LogP contribution in [0.2, 0.25) is 0 Å². The van der Waals surface area contributed by atoms with Gasteiger partial charge in [-0.05, 0) is 79.6 Å². The molecule has 1 heterocycles. The molecule has 6 heteroatoms. The number of aromatic hydroxyl groups is 1. The number of ether oxygens (including phenoxy) is 1. The average Bonchev–Trinajstić information content (AvgIpc) is 3.17. The molecular weight excluding hydrogens is 466 g/mol. The van der Waals surface area contributed by atoms with E-state index in [0.717, 1.165) is 11.1 Å². The third-order valence-corrected chi connectivity index (χ3v) is 6.40. The summed E-state index contributed by atoms with van der Waals surface area (Å²) < 4.78 is 5.86. The fourth-order valence-corrected chi connectivity index (χ4v) is 4.51. The molecule has 0 bridgehead atoms. The summed E-state index contributed by atoms with van der Waals surface area (Å²) in [5, 5.41) is 21.2. The second kappa shape index (κ2) is 9.66. The van der Waals surface area contributed by atoms with E-state index in [2.05, 4.69) is 0 Å². The number of carbonyl (C=O) groups excluding carboxylic acids is 2. The zero-order valence-corrected chi connectivity index (χ0v) is 20.4. The number of ketones is 1. The topological polar surface area (TPSA) is 87.1 Å². The number of hydrogen-bond donors (Lipinski definition) is 2. The van der Waals surface area contributed by atoms with Crippen LogP contribution in [-0.4, -0.2) is 21.9 Å². The Balaban J connectivity index is 1.61. The van der Waals surface area contributed by atoms with Crippen molar-refractivity contribution in [3.63, 3.8) is 0 Å². The Labute approximate surface area is 214 Å². The van der Waals surface area contributed by atoms with Crippen LogP contribution in [0.3, 0.4) is 0 Å². The molecule has 6 nitrogen and oxygen atoms in total. The van der Waals surface area contributed by atoms with E-state index in [0.29, 0.717) is 28.3 Å². The van der Waals surface area contributed by atoms with Crippen LogP contribution in [0.1, 0.15) is 28.3 Å². The van der Waals surface area contributed by atoms with Gasteiger partial charge in [-0.1, -0.05) is 48.0 Å². The summed E-state index contributed by atoms with van der Waals surface area (Å²) in [6.07, 6.45) is 0. The van der Waals surface area contributed by atoms with Crippen molar-refractivity contribution >= 4 is 23.1 Å². The summed E-state index contributed by atoms with van der Waals surface area (Å²) in [4.78, 5) is 28.1. The molecule has 2 N–H and O–H groups in total. The summed E-state index contributed by atoms with van der Waals surface area (Å²) >= 11 is 0. The highest BCUT2D eigenvalue weighted by Gasteiger charge is 2.47. The minimum Gasteiger partial charge on any atom is -0.508 e. The molecule has 1 aliphatic rings. The largest absolute Gasteiger partial charge is 0.508 e. The van der Waals surface area contributed by atoms with Gasteiger partial charge in [0.15, 0.2) is 0 Å². The van der Waals surface area contributed by atoms with Crippen LogP contribution in [0, 0.1) is 13.8 Å². The van der Waals surface area contributed by atoms with Gasteiger partial charge in [-0.15, -0.1) is 0 Å². The number of hydrogen-bond acceptors (Lipinski definition) is 5. The number of para-hydroxylation sites is 1. The van der Waals surface area contributed by atoms with Crippen molar-refractivity contribution in [1.29, 1.82) is 0 Å². The molecule has 0 saturated carbocycles. The normalized spacial score (nSPS) is 16.7. The SMILES string of the molecule is Cc1ccc(C)c(/C(O)=C2\C(=O)C(=O)N(c3ccc(Oc4ccccc4)cc3)C2c2ccc(O)cc2)c1. The lowest BCUT2D eigenvalue weighted by atomic mass is 9.93. The molecule has 1 aliphatic heterocycles. The Hall–Kier alpha value is -4.84. The van der Waals surface area contributed by atoms with Crippen molar-refractivity contribution in [2.45, 2.75) is 19.9 Å². The van der Waals surface area contributed by atoms with E-state index in [1.807, 2.05) is 56.3 Å². The fraction of sp³-hybridized carbons (Fsp3) is 0.0968. The molecule has 1 fully saturated rings. The number of carbonyl (C=O) groups is 2. The van der Waals surface area contributed by atoms with Gasteiger partial charge in [0, 0.05) is 11.3 Å². The molecular formula is C31H25NO5. The zero-order valence-electron chi connectivity index (χ0n) is 20.4. The van der Waals surface area contributed by atoms with Crippen LogP contribution in [0.4, 0.5) is 5.69 Å². The quantitative estimate of drug-likeness (QED) is 0.191. The zero-order chi connectivity index (χ0) is 26.1.